The van der Waals surface area contributed by atoms with Gasteiger partial charge in [0.1, 0.15) is 5.82 Å². The second-order valence-electron chi connectivity index (χ2n) is 5.32. The number of amides is 2. The number of nitrogens with zero attached hydrogens (tertiary/aromatic N) is 1. The van der Waals surface area contributed by atoms with Crippen molar-refractivity contribution in [3.05, 3.63) is 35.6 Å². The van der Waals surface area contributed by atoms with E-state index >= 15 is 0 Å². The third kappa shape index (κ3) is 4.03. The van der Waals surface area contributed by atoms with Gasteiger partial charge in [0.15, 0.2) is 0 Å². The zero-order chi connectivity index (χ0) is 15.2. The standard InChI is InChI=1S/C16H21FN2O2/c1-2-19-11-13(10-15(19)20)16(21)18-9-5-7-12-6-3-4-8-14(12)17/h3-4,6,8,13H,2,5,7,9-11H2,1H3,(H,18,21). The summed E-state index contributed by atoms with van der Waals surface area (Å²) in [5, 5.41) is 2.84. The number of hydrogen-bond acceptors (Lipinski definition) is 2. The number of aryl methyl sites for hydroxylation is 1. The summed E-state index contributed by atoms with van der Waals surface area (Å²) in [7, 11) is 0. The number of rotatable bonds is 6. The van der Waals surface area contributed by atoms with Crippen molar-refractivity contribution in [3.63, 3.8) is 0 Å². The molecule has 1 atom stereocenters. The van der Waals surface area contributed by atoms with Gasteiger partial charge in [-0.05, 0) is 31.4 Å². The van der Waals surface area contributed by atoms with E-state index in [9.17, 15) is 14.0 Å². The van der Waals surface area contributed by atoms with Crippen LogP contribution in [0.15, 0.2) is 24.3 Å². The lowest BCUT2D eigenvalue weighted by Gasteiger charge is -2.13. The minimum Gasteiger partial charge on any atom is -0.356 e. The third-order valence-electron chi connectivity index (χ3n) is 3.85. The van der Waals surface area contributed by atoms with Gasteiger partial charge in [-0.2, -0.15) is 0 Å². The molecule has 1 N–H and O–H groups in total. The van der Waals surface area contributed by atoms with Gasteiger partial charge in [0.2, 0.25) is 11.8 Å². The van der Waals surface area contributed by atoms with Crippen molar-refractivity contribution in [2.75, 3.05) is 19.6 Å². The van der Waals surface area contributed by atoms with Gasteiger partial charge < -0.3 is 10.2 Å². The van der Waals surface area contributed by atoms with Crippen molar-refractivity contribution in [1.29, 1.82) is 0 Å². The molecule has 1 aromatic carbocycles. The maximum absolute atomic E-state index is 13.4. The van der Waals surface area contributed by atoms with Crippen LogP contribution in [0.2, 0.25) is 0 Å². The van der Waals surface area contributed by atoms with Crippen LogP contribution in [0, 0.1) is 11.7 Å². The van der Waals surface area contributed by atoms with Gasteiger partial charge in [-0.25, -0.2) is 4.39 Å². The first kappa shape index (κ1) is 15.5. The fourth-order valence-corrected chi connectivity index (χ4v) is 2.59. The summed E-state index contributed by atoms with van der Waals surface area (Å²) in [5.74, 6) is -0.480. The van der Waals surface area contributed by atoms with Crippen LogP contribution in [-0.2, 0) is 16.0 Å². The van der Waals surface area contributed by atoms with E-state index in [-0.39, 0.29) is 23.5 Å². The fourth-order valence-electron chi connectivity index (χ4n) is 2.59. The van der Waals surface area contributed by atoms with Crippen molar-refractivity contribution in [1.82, 2.24) is 10.2 Å². The van der Waals surface area contributed by atoms with Crippen molar-refractivity contribution >= 4 is 11.8 Å². The molecule has 1 aliphatic rings. The van der Waals surface area contributed by atoms with Gasteiger partial charge in [-0.3, -0.25) is 9.59 Å². The van der Waals surface area contributed by atoms with E-state index in [1.165, 1.54) is 6.07 Å². The molecule has 0 saturated carbocycles. The second kappa shape index (κ2) is 7.20. The number of likely N-dealkylation sites (tertiary alicyclic amines) is 1. The SMILES string of the molecule is CCN1CC(C(=O)NCCCc2ccccc2F)CC1=O. The third-order valence-corrected chi connectivity index (χ3v) is 3.85. The molecular formula is C16H21FN2O2. The molecule has 4 nitrogen and oxygen atoms in total. The molecular weight excluding hydrogens is 271 g/mol. The van der Waals surface area contributed by atoms with Crippen molar-refractivity contribution in [2.45, 2.75) is 26.2 Å². The molecule has 0 bridgehead atoms. The first-order valence-electron chi connectivity index (χ1n) is 7.40. The Morgan fingerprint density at radius 1 is 1.43 bits per heavy atom. The zero-order valence-corrected chi connectivity index (χ0v) is 12.3. The molecule has 1 aromatic rings. The van der Waals surface area contributed by atoms with Gasteiger partial charge in [-0.15, -0.1) is 0 Å². The predicted octanol–water partition coefficient (Wildman–Crippen LogP) is 1.74. The summed E-state index contributed by atoms with van der Waals surface area (Å²) in [6.07, 6.45) is 1.58. The Morgan fingerprint density at radius 3 is 2.86 bits per heavy atom. The molecule has 0 aliphatic carbocycles. The van der Waals surface area contributed by atoms with Gasteiger partial charge in [0, 0.05) is 26.1 Å². The topological polar surface area (TPSA) is 49.4 Å². The van der Waals surface area contributed by atoms with Crippen LogP contribution in [0.4, 0.5) is 4.39 Å². The van der Waals surface area contributed by atoms with Crippen LogP contribution in [0.3, 0.4) is 0 Å². The quantitative estimate of drug-likeness (QED) is 0.812. The normalized spacial score (nSPS) is 18.1. The molecule has 5 heteroatoms. The smallest absolute Gasteiger partial charge is 0.225 e. The lowest BCUT2D eigenvalue weighted by molar-refractivity contribution is -0.128. The molecule has 0 radical (unpaired) electrons. The highest BCUT2D eigenvalue weighted by atomic mass is 19.1. The Morgan fingerprint density at radius 2 is 2.19 bits per heavy atom. The largest absolute Gasteiger partial charge is 0.356 e. The van der Waals surface area contributed by atoms with Gasteiger partial charge >= 0.3 is 0 Å². The first-order valence-corrected chi connectivity index (χ1v) is 7.40. The number of carbonyl (C=O) groups excluding carboxylic acids is 2. The summed E-state index contributed by atoms with van der Waals surface area (Å²) in [5.41, 5.74) is 0.667. The Balaban J connectivity index is 1.71. The minimum absolute atomic E-state index is 0.0454. The van der Waals surface area contributed by atoms with Crippen LogP contribution in [-0.4, -0.2) is 36.3 Å². The average Bonchev–Trinajstić information content (AvgIpc) is 2.86. The predicted molar refractivity (Wildman–Crippen MR) is 78.1 cm³/mol. The fraction of sp³-hybridized carbons (Fsp3) is 0.500. The van der Waals surface area contributed by atoms with Gasteiger partial charge in [-0.1, -0.05) is 18.2 Å². The number of carbonyl (C=O) groups is 2. The van der Waals surface area contributed by atoms with E-state index in [0.717, 1.165) is 0 Å². The highest BCUT2D eigenvalue weighted by Crippen LogP contribution is 2.17. The molecule has 1 aliphatic heterocycles. The Hall–Kier alpha value is -1.91. The van der Waals surface area contributed by atoms with Crippen LogP contribution >= 0.6 is 0 Å². The molecule has 1 heterocycles. The lowest BCUT2D eigenvalue weighted by Crippen LogP contribution is -2.33. The monoisotopic (exact) mass is 292 g/mol. The molecule has 1 saturated heterocycles. The number of benzene rings is 1. The van der Waals surface area contributed by atoms with E-state index in [2.05, 4.69) is 5.32 Å². The summed E-state index contributed by atoms with van der Waals surface area (Å²) >= 11 is 0. The van der Waals surface area contributed by atoms with Gasteiger partial charge in [0.05, 0.1) is 5.92 Å². The summed E-state index contributed by atoms with van der Waals surface area (Å²) < 4.78 is 13.4. The number of hydrogen-bond donors (Lipinski definition) is 1. The zero-order valence-electron chi connectivity index (χ0n) is 12.3. The molecule has 2 rings (SSSR count). The van der Waals surface area contributed by atoms with Crippen molar-refractivity contribution in [3.8, 4) is 0 Å². The summed E-state index contributed by atoms with van der Waals surface area (Å²) in [4.78, 5) is 25.2. The molecule has 2 amide bonds. The van der Waals surface area contributed by atoms with Crippen LogP contribution in [0.1, 0.15) is 25.3 Å². The molecule has 114 valence electrons. The first-order chi connectivity index (χ1) is 10.1. The molecule has 0 spiro atoms. The highest BCUT2D eigenvalue weighted by Gasteiger charge is 2.32. The maximum atomic E-state index is 13.4. The van der Waals surface area contributed by atoms with Crippen LogP contribution in [0.5, 0.6) is 0 Å². The molecule has 0 aromatic heterocycles. The average molecular weight is 292 g/mol. The van der Waals surface area contributed by atoms with E-state index in [4.69, 9.17) is 0 Å². The number of nitrogens with one attached hydrogen (secondary N) is 1. The van der Waals surface area contributed by atoms with Gasteiger partial charge in [0.25, 0.3) is 0 Å². The Bertz CT molecular complexity index is 519. The molecule has 1 unspecified atom stereocenters. The van der Waals surface area contributed by atoms with E-state index in [1.807, 2.05) is 6.92 Å². The molecule has 1 fully saturated rings. The van der Waals surface area contributed by atoms with Crippen LogP contribution < -0.4 is 5.32 Å². The van der Waals surface area contributed by atoms with Crippen LogP contribution in [0.25, 0.3) is 0 Å². The second-order valence-corrected chi connectivity index (χ2v) is 5.32. The van der Waals surface area contributed by atoms with Crippen molar-refractivity contribution in [2.24, 2.45) is 5.92 Å². The lowest BCUT2D eigenvalue weighted by atomic mass is 10.1. The van der Waals surface area contributed by atoms with E-state index in [0.29, 0.717) is 44.5 Å². The minimum atomic E-state index is -0.245. The molecule has 21 heavy (non-hydrogen) atoms. The number of halogens is 1. The Kier molecular flexibility index (Phi) is 5.31. The van der Waals surface area contributed by atoms with E-state index < -0.39 is 0 Å². The highest BCUT2D eigenvalue weighted by molar-refractivity contribution is 5.89. The summed E-state index contributed by atoms with van der Waals surface area (Å²) in [6, 6.07) is 6.67. The summed E-state index contributed by atoms with van der Waals surface area (Å²) in [6.45, 7) is 3.57. The van der Waals surface area contributed by atoms with E-state index in [1.54, 1.807) is 23.1 Å². The van der Waals surface area contributed by atoms with Crippen molar-refractivity contribution < 1.29 is 14.0 Å². The maximum Gasteiger partial charge on any atom is 0.225 e. The Labute approximate surface area is 124 Å².